The minimum Gasteiger partial charge on any atom is -0.311 e. The van der Waals surface area contributed by atoms with Crippen molar-refractivity contribution >= 4 is 23.2 Å². The molecule has 0 amide bonds. The summed E-state index contributed by atoms with van der Waals surface area (Å²) >= 11 is 12.5. The molecule has 1 aromatic carbocycles. The maximum absolute atomic E-state index is 12.5. The van der Waals surface area contributed by atoms with Crippen LogP contribution in [0.2, 0.25) is 10.0 Å². The van der Waals surface area contributed by atoms with Crippen molar-refractivity contribution in [2.45, 2.75) is 51.4 Å². The molecule has 0 spiro atoms. The Morgan fingerprint density at radius 1 is 1.00 bits per heavy atom. The predicted molar refractivity (Wildman–Crippen MR) is 102 cm³/mol. The number of aromatic nitrogens is 2. The van der Waals surface area contributed by atoms with Crippen LogP contribution in [-0.4, -0.2) is 9.97 Å². The zero-order valence-corrected chi connectivity index (χ0v) is 15.7. The Bertz CT molecular complexity index is 844. The molecular weight excluding hydrogens is 359 g/mol. The maximum atomic E-state index is 12.5. The van der Waals surface area contributed by atoms with Crippen molar-refractivity contribution in [1.82, 2.24) is 9.97 Å². The second-order valence-corrected chi connectivity index (χ2v) is 7.62. The molecule has 0 radical (unpaired) electrons. The second-order valence-electron chi connectivity index (χ2n) is 6.80. The minimum atomic E-state index is -0.452. The lowest BCUT2D eigenvalue weighted by atomic mass is 9.78. The molecule has 134 valence electrons. The number of benzene rings is 1. The number of nitrogens with one attached hydrogen (secondary N) is 2. The van der Waals surface area contributed by atoms with Crippen LogP contribution in [0.4, 0.5) is 0 Å². The third kappa shape index (κ3) is 4.01. The summed E-state index contributed by atoms with van der Waals surface area (Å²) in [5.74, 6) is 0.945. The molecule has 0 unspecified atom stereocenters. The van der Waals surface area contributed by atoms with Gasteiger partial charge in [-0.05, 0) is 55.2 Å². The molecule has 6 heteroatoms. The molecule has 0 saturated heterocycles. The van der Waals surface area contributed by atoms with Gasteiger partial charge in [-0.25, -0.2) is 4.79 Å². The molecule has 3 rings (SSSR count). The third-order valence-corrected chi connectivity index (χ3v) is 6.03. The minimum absolute atomic E-state index is 0.203. The first-order chi connectivity index (χ1) is 12.0. The Kier molecular flexibility index (Phi) is 5.70. The lowest BCUT2D eigenvalue weighted by Crippen LogP contribution is -2.30. The molecule has 0 aliphatic heterocycles. The molecule has 2 N–H and O–H groups in total. The van der Waals surface area contributed by atoms with Gasteiger partial charge in [-0.15, -0.1) is 0 Å². The van der Waals surface area contributed by atoms with Crippen molar-refractivity contribution in [3.63, 3.8) is 0 Å². The van der Waals surface area contributed by atoms with E-state index in [0.29, 0.717) is 27.6 Å². The topological polar surface area (TPSA) is 65.7 Å². The number of hydrogen-bond donors (Lipinski definition) is 2. The first kappa shape index (κ1) is 18.3. The van der Waals surface area contributed by atoms with Crippen LogP contribution in [0.15, 0.2) is 27.8 Å². The fourth-order valence-corrected chi connectivity index (χ4v) is 4.32. The van der Waals surface area contributed by atoms with Gasteiger partial charge in [-0.2, -0.15) is 0 Å². The lowest BCUT2D eigenvalue weighted by Gasteiger charge is -2.28. The first-order valence-electron chi connectivity index (χ1n) is 8.77. The summed E-state index contributed by atoms with van der Waals surface area (Å²) in [5, 5.41) is 1.05. The van der Waals surface area contributed by atoms with Gasteiger partial charge in [-0.3, -0.25) is 9.78 Å². The van der Waals surface area contributed by atoms with Crippen molar-refractivity contribution in [3.05, 3.63) is 65.9 Å². The number of halogens is 2. The van der Waals surface area contributed by atoms with Crippen LogP contribution in [0.5, 0.6) is 0 Å². The van der Waals surface area contributed by atoms with Crippen LogP contribution in [0.25, 0.3) is 0 Å². The Labute approximate surface area is 156 Å². The van der Waals surface area contributed by atoms with E-state index in [2.05, 4.69) is 16.9 Å². The van der Waals surface area contributed by atoms with Crippen molar-refractivity contribution in [2.75, 3.05) is 0 Å². The zero-order chi connectivity index (χ0) is 18.0. The number of rotatable bonds is 4. The maximum Gasteiger partial charge on any atom is 0.325 e. The summed E-state index contributed by atoms with van der Waals surface area (Å²) in [4.78, 5) is 29.6. The molecule has 1 aliphatic carbocycles. The Morgan fingerprint density at radius 2 is 1.64 bits per heavy atom. The fourth-order valence-electron chi connectivity index (χ4n) is 3.79. The van der Waals surface area contributed by atoms with E-state index >= 15 is 0 Å². The molecule has 1 saturated carbocycles. The molecular formula is C19H22Cl2N2O2. The highest BCUT2D eigenvalue weighted by molar-refractivity contribution is 6.36. The molecule has 1 aliphatic rings. The van der Waals surface area contributed by atoms with E-state index in [9.17, 15) is 9.59 Å². The fraction of sp³-hybridized carbons (Fsp3) is 0.474. The van der Waals surface area contributed by atoms with Crippen LogP contribution in [0.1, 0.15) is 61.8 Å². The average Bonchev–Trinajstić information content (AvgIpc) is 2.59. The average molecular weight is 381 g/mol. The van der Waals surface area contributed by atoms with E-state index in [4.69, 9.17) is 23.2 Å². The van der Waals surface area contributed by atoms with Crippen molar-refractivity contribution in [3.8, 4) is 0 Å². The molecule has 1 aromatic heterocycles. The molecule has 4 nitrogen and oxygen atoms in total. The number of H-pyrrole nitrogens is 2. The second kappa shape index (κ2) is 7.79. The highest BCUT2D eigenvalue weighted by Gasteiger charge is 2.26. The predicted octanol–water partition coefficient (Wildman–Crippen LogP) is 4.64. The van der Waals surface area contributed by atoms with Gasteiger partial charge in [0, 0.05) is 27.7 Å². The Hall–Kier alpha value is -1.52. The molecule has 1 fully saturated rings. The normalized spacial score (nSPS) is 20.6. The van der Waals surface area contributed by atoms with Crippen LogP contribution in [-0.2, 0) is 6.42 Å². The van der Waals surface area contributed by atoms with Crippen molar-refractivity contribution in [2.24, 2.45) is 5.92 Å². The van der Waals surface area contributed by atoms with E-state index < -0.39 is 5.69 Å². The lowest BCUT2D eigenvalue weighted by molar-refractivity contribution is 0.314. The summed E-state index contributed by atoms with van der Waals surface area (Å²) in [6.45, 7) is 2.21. The van der Waals surface area contributed by atoms with Crippen LogP contribution in [0, 0.1) is 5.92 Å². The molecule has 1 heterocycles. The summed E-state index contributed by atoms with van der Waals surface area (Å²) in [5.41, 5.74) is 1.22. The van der Waals surface area contributed by atoms with Gasteiger partial charge in [0.25, 0.3) is 5.56 Å². The largest absolute Gasteiger partial charge is 0.325 e. The van der Waals surface area contributed by atoms with E-state index in [0.717, 1.165) is 37.3 Å². The van der Waals surface area contributed by atoms with E-state index in [1.54, 1.807) is 18.2 Å². The summed E-state index contributed by atoms with van der Waals surface area (Å²) < 4.78 is 0. The van der Waals surface area contributed by atoms with Gasteiger partial charge >= 0.3 is 5.69 Å². The van der Waals surface area contributed by atoms with E-state index in [1.165, 1.54) is 6.42 Å². The van der Waals surface area contributed by atoms with Gasteiger partial charge in [0.2, 0.25) is 0 Å². The van der Waals surface area contributed by atoms with Crippen molar-refractivity contribution < 1.29 is 0 Å². The highest BCUT2D eigenvalue weighted by atomic mass is 35.5. The van der Waals surface area contributed by atoms with Gasteiger partial charge in [0.1, 0.15) is 0 Å². The first-order valence-corrected chi connectivity index (χ1v) is 9.53. The van der Waals surface area contributed by atoms with Crippen LogP contribution >= 0.6 is 23.2 Å². The summed E-state index contributed by atoms with van der Waals surface area (Å²) in [6.07, 6.45) is 5.72. The smallest absolute Gasteiger partial charge is 0.311 e. The van der Waals surface area contributed by atoms with Gasteiger partial charge in [-0.1, -0.05) is 42.6 Å². The summed E-state index contributed by atoms with van der Waals surface area (Å²) in [7, 11) is 0. The standard InChI is InChI=1S/C19H22Cl2N2O2/c1-2-11-6-8-12(9-7-11)17-14(18(24)23-19(25)22-17)10-13-15(20)4-3-5-16(13)21/h3-5,11-12H,2,6-10H2,1H3,(H2,22,23,24,25). The molecule has 0 bridgehead atoms. The van der Waals surface area contributed by atoms with Crippen LogP contribution in [0.3, 0.4) is 0 Å². The Balaban J connectivity index is 1.99. The summed E-state index contributed by atoms with van der Waals surface area (Å²) in [6, 6.07) is 5.29. The number of hydrogen-bond acceptors (Lipinski definition) is 2. The monoisotopic (exact) mass is 380 g/mol. The number of aromatic amines is 2. The molecule has 2 aromatic rings. The third-order valence-electron chi connectivity index (χ3n) is 5.32. The van der Waals surface area contributed by atoms with E-state index in [1.807, 2.05) is 0 Å². The van der Waals surface area contributed by atoms with Crippen LogP contribution < -0.4 is 11.2 Å². The molecule has 0 atom stereocenters. The zero-order valence-electron chi connectivity index (χ0n) is 14.2. The van der Waals surface area contributed by atoms with Crippen molar-refractivity contribution in [1.29, 1.82) is 0 Å². The van der Waals surface area contributed by atoms with Gasteiger partial charge in [0.15, 0.2) is 0 Å². The molecule has 25 heavy (non-hydrogen) atoms. The van der Waals surface area contributed by atoms with E-state index in [-0.39, 0.29) is 11.5 Å². The Morgan fingerprint density at radius 3 is 2.24 bits per heavy atom. The SMILES string of the molecule is CCC1CCC(c2[nH]c(=O)[nH]c(=O)c2Cc2c(Cl)cccc2Cl)CC1. The quantitative estimate of drug-likeness (QED) is 0.810. The highest BCUT2D eigenvalue weighted by Crippen LogP contribution is 2.37. The van der Waals surface area contributed by atoms with Gasteiger partial charge < -0.3 is 4.98 Å². The van der Waals surface area contributed by atoms with Gasteiger partial charge in [0.05, 0.1) is 0 Å².